The Bertz CT molecular complexity index is 1590. The summed E-state index contributed by atoms with van der Waals surface area (Å²) in [5.74, 6) is 2.04. The van der Waals surface area contributed by atoms with Gasteiger partial charge >= 0.3 is 0 Å². The predicted octanol–water partition coefficient (Wildman–Crippen LogP) is 6.88. The third-order valence-corrected chi connectivity index (χ3v) is 7.39. The van der Waals surface area contributed by atoms with Crippen molar-refractivity contribution in [2.45, 2.75) is 18.0 Å². The number of thioether (sulfide) groups is 1. The lowest BCUT2D eigenvalue weighted by atomic mass is 10.1. The normalized spacial score (nSPS) is 11.3. The molecular weight excluding hydrogens is 566 g/mol. The second-order valence-corrected chi connectivity index (χ2v) is 10.3. The number of benzene rings is 2. The van der Waals surface area contributed by atoms with Crippen LogP contribution in [0.15, 0.2) is 79.6 Å². The van der Waals surface area contributed by atoms with Crippen LogP contribution in [-0.2, 0) is 0 Å². The highest BCUT2D eigenvalue weighted by atomic mass is 79.9. The van der Waals surface area contributed by atoms with Gasteiger partial charge in [0, 0.05) is 28.1 Å². The van der Waals surface area contributed by atoms with Gasteiger partial charge in [-0.1, -0.05) is 39.3 Å². The van der Waals surface area contributed by atoms with Gasteiger partial charge < -0.3 is 13.9 Å². The van der Waals surface area contributed by atoms with Crippen molar-refractivity contribution in [3.8, 4) is 22.8 Å². The minimum atomic E-state index is -0.210. The van der Waals surface area contributed by atoms with E-state index in [1.165, 1.54) is 0 Å². The Hall–Kier alpha value is -3.01. The van der Waals surface area contributed by atoms with Crippen LogP contribution in [0.1, 0.15) is 12.8 Å². The third-order valence-electron chi connectivity index (χ3n) is 5.54. The van der Waals surface area contributed by atoms with E-state index in [1.807, 2.05) is 40.9 Å². The highest BCUT2D eigenvalue weighted by molar-refractivity contribution is 9.10. The number of fused-ring (bicyclic) bond motifs is 2. The molecule has 0 saturated heterocycles. The van der Waals surface area contributed by atoms with E-state index in [1.54, 1.807) is 43.1 Å². The second-order valence-electron chi connectivity index (χ2n) is 7.89. The van der Waals surface area contributed by atoms with Crippen LogP contribution in [0.5, 0.6) is 11.5 Å². The standard InChI is InChI=1S/C26H21BrClN3O4S/c1-33-18-10-11-19-21(15-18)35-23(16-6-8-17(27)9-7-16)24(22(19)32)34-13-2-3-14-36-26-30-29-25-20(28)5-4-12-31(25)26/h4-12,15H,2-3,13-14H2,1H3. The molecule has 0 aliphatic rings. The summed E-state index contributed by atoms with van der Waals surface area (Å²) in [4.78, 5) is 13.3. The Kier molecular flexibility index (Phi) is 7.50. The molecule has 0 N–H and O–H groups in total. The molecule has 10 heteroatoms. The summed E-state index contributed by atoms with van der Waals surface area (Å²) in [6.07, 6.45) is 3.51. The van der Waals surface area contributed by atoms with E-state index in [4.69, 9.17) is 25.5 Å². The number of methoxy groups -OCH3 is 1. The molecule has 0 fully saturated rings. The zero-order valence-corrected chi connectivity index (χ0v) is 22.4. The van der Waals surface area contributed by atoms with E-state index < -0.39 is 0 Å². The second kappa shape index (κ2) is 10.9. The van der Waals surface area contributed by atoms with Crippen LogP contribution in [0.3, 0.4) is 0 Å². The van der Waals surface area contributed by atoms with Gasteiger partial charge in [0.15, 0.2) is 16.6 Å². The molecule has 0 spiro atoms. The van der Waals surface area contributed by atoms with Gasteiger partial charge in [0.1, 0.15) is 11.3 Å². The first kappa shape index (κ1) is 24.7. The highest BCUT2D eigenvalue weighted by Gasteiger charge is 2.18. The van der Waals surface area contributed by atoms with Crippen molar-refractivity contribution in [2.75, 3.05) is 19.5 Å². The number of nitrogens with zero attached hydrogens (tertiary/aromatic N) is 3. The number of halogens is 2. The van der Waals surface area contributed by atoms with Crippen LogP contribution in [0, 0.1) is 0 Å². The maximum atomic E-state index is 13.3. The molecule has 0 aliphatic heterocycles. The minimum Gasteiger partial charge on any atom is -0.497 e. The SMILES string of the molecule is COc1ccc2c(=O)c(OCCCCSc3nnc4c(Cl)cccn34)c(-c3ccc(Br)cc3)oc2c1. The van der Waals surface area contributed by atoms with Crippen LogP contribution in [-0.4, -0.2) is 34.1 Å². The van der Waals surface area contributed by atoms with Gasteiger partial charge in [-0.2, -0.15) is 0 Å². The quantitative estimate of drug-likeness (QED) is 0.138. The summed E-state index contributed by atoms with van der Waals surface area (Å²) in [6.45, 7) is 0.378. The van der Waals surface area contributed by atoms with Gasteiger partial charge in [-0.25, -0.2) is 0 Å². The Morgan fingerprint density at radius 3 is 2.75 bits per heavy atom. The van der Waals surface area contributed by atoms with E-state index >= 15 is 0 Å². The number of pyridine rings is 1. The average Bonchev–Trinajstić information content (AvgIpc) is 3.31. The third kappa shape index (κ3) is 5.09. The zero-order valence-electron chi connectivity index (χ0n) is 19.2. The summed E-state index contributed by atoms with van der Waals surface area (Å²) in [6, 6.07) is 16.4. The van der Waals surface area contributed by atoms with Crippen molar-refractivity contribution in [3.63, 3.8) is 0 Å². The fraction of sp³-hybridized carbons (Fsp3) is 0.192. The fourth-order valence-corrected chi connectivity index (χ4v) is 5.09. The Labute approximate surface area is 224 Å². The van der Waals surface area contributed by atoms with Crippen molar-refractivity contribution in [2.24, 2.45) is 0 Å². The first-order valence-electron chi connectivity index (χ1n) is 11.2. The molecule has 184 valence electrons. The molecule has 0 unspecified atom stereocenters. The average molecular weight is 587 g/mol. The summed E-state index contributed by atoms with van der Waals surface area (Å²) in [7, 11) is 1.57. The zero-order chi connectivity index (χ0) is 25.1. The Morgan fingerprint density at radius 2 is 1.94 bits per heavy atom. The predicted molar refractivity (Wildman–Crippen MR) is 146 cm³/mol. The van der Waals surface area contributed by atoms with Crippen molar-refractivity contribution in [1.82, 2.24) is 14.6 Å². The highest BCUT2D eigenvalue weighted by Crippen LogP contribution is 2.33. The van der Waals surface area contributed by atoms with Crippen LogP contribution in [0.25, 0.3) is 27.9 Å². The molecule has 0 amide bonds. The fourth-order valence-electron chi connectivity index (χ4n) is 3.71. The van der Waals surface area contributed by atoms with Gasteiger partial charge in [0.05, 0.1) is 24.1 Å². The molecule has 36 heavy (non-hydrogen) atoms. The number of hydrogen-bond donors (Lipinski definition) is 0. The maximum absolute atomic E-state index is 13.3. The minimum absolute atomic E-state index is 0.209. The van der Waals surface area contributed by atoms with Crippen LogP contribution < -0.4 is 14.9 Å². The van der Waals surface area contributed by atoms with Crippen LogP contribution in [0.4, 0.5) is 0 Å². The van der Waals surface area contributed by atoms with E-state index in [0.29, 0.717) is 39.8 Å². The number of ether oxygens (including phenoxy) is 2. The Balaban J connectivity index is 1.30. The molecular formula is C26H21BrClN3O4S. The lowest BCUT2D eigenvalue weighted by Crippen LogP contribution is -2.11. The molecule has 7 nitrogen and oxygen atoms in total. The molecule has 3 aromatic heterocycles. The van der Waals surface area contributed by atoms with Gasteiger partial charge in [0.2, 0.25) is 11.2 Å². The molecule has 5 aromatic rings. The molecule has 5 rings (SSSR count). The number of hydrogen-bond acceptors (Lipinski definition) is 7. The molecule has 0 saturated carbocycles. The first-order chi connectivity index (χ1) is 17.5. The summed E-state index contributed by atoms with van der Waals surface area (Å²) in [5.41, 5.74) is 1.63. The number of aromatic nitrogens is 3. The molecule has 0 aliphatic carbocycles. The van der Waals surface area contributed by atoms with Crippen molar-refractivity contribution in [1.29, 1.82) is 0 Å². The summed E-state index contributed by atoms with van der Waals surface area (Å²) in [5, 5.41) is 10.2. The van der Waals surface area contributed by atoms with Crippen LogP contribution in [0.2, 0.25) is 5.02 Å². The smallest absolute Gasteiger partial charge is 0.235 e. The van der Waals surface area contributed by atoms with E-state index in [2.05, 4.69) is 26.1 Å². The summed E-state index contributed by atoms with van der Waals surface area (Å²) >= 11 is 11.2. The van der Waals surface area contributed by atoms with E-state index in [0.717, 1.165) is 33.8 Å². The van der Waals surface area contributed by atoms with Crippen molar-refractivity contribution >= 4 is 55.9 Å². The van der Waals surface area contributed by atoms with Gasteiger partial charge in [-0.3, -0.25) is 9.20 Å². The topological polar surface area (TPSA) is 78.9 Å². The monoisotopic (exact) mass is 585 g/mol. The van der Waals surface area contributed by atoms with Crippen LogP contribution >= 0.6 is 39.3 Å². The van der Waals surface area contributed by atoms with Gasteiger partial charge in [-0.15, -0.1) is 10.2 Å². The largest absolute Gasteiger partial charge is 0.497 e. The molecule has 0 bridgehead atoms. The first-order valence-corrected chi connectivity index (χ1v) is 13.4. The molecule has 2 aromatic carbocycles. The van der Waals surface area contributed by atoms with Gasteiger partial charge in [-0.05, 0) is 61.4 Å². The Morgan fingerprint density at radius 1 is 1.11 bits per heavy atom. The lowest BCUT2D eigenvalue weighted by molar-refractivity contribution is 0.302. The van der Waals surface area contributed by atoms with Gasteiger partial charge in [0.25, 0.3) is 0 Å². The molecule has 3 heterocycles. The molecule has 0 radical (unpaired) electrons. The lowest BCUT2D eigenvalue weighted by Gasteiger charge is -2.12. The van der Waals surface area contributed by atoms with E-state index in [-0.39, 0.29) is 11.2 Å². The summed E-state index contributed by atoms with van der Waals surface area (Å²) < 4.78 is 20.3. The number of rotatable bonds is 9. The number of unbranched alkanes of at least 4 members (excludes halogenated alkanes) is 1. The molecule has 0 atom stereocenters. The maximum Gasteiger partial charge on any atom is 0.235 e. The van der Waals surface area contributed by atoms with Crippen molar-refractivity contribution < 1.29 is 13.9 Å². The van der Waals surface area contributed by atoms with E-state index in [9.17, 15) is 4.79 Å². The van der Waals surface area contributed by atoms with Crippen molar-refractivity contribution in [3.05, 3.63) is 80.5 Å².